The van der Waals surface area contributed by atoms with Gasteiger partial charge in [0.1, 0.15) is 28.4 Å². The summed E-state index contributed by atoms with van der Waals surface area (Å²) in [5.74, 6) is 0.309. The van der Waals surface area contributed by atoms with Gasteiger partial charge in [-0.25, -0.2) is 14.1 Å². The van der Waals surface area contributed by atoms with E-state index in [1.165, 1.54) is 12.1 Å². The maximum absolute atomic E-state index is 14.3. The van der Waals surface area contributed by atoms with Gasteiger partial charge in [0.05, 0.1) is 30.1 Å². The van der Waals surface area contributed by atoms with Gasteiger partial charge in [0, 0.05) is 36.3 Å². The van der Waals surface area contributed by atoms with Crippen LogP contribution in [-0.4, -0.2) is 57.2 Å². The van der Waals surface area contributed by atoms with Crippen molar-refractivity contribution in [3.05, 3.63) is 94.1 Å². The number of fused-ring (bicyclic) bond motifs is 1. The van der Waals surface area contributed by atoms with Crippen molar-refractivity contribution in [1.29, 1.82) is 0 Å². The van der Waals surface area contributed by atoms with Crippen molar-refractivity contribution in [2.45, 2.75) is 59.0 Å². The number of benzene rings is 2. The largest absolute Gasteiger partial charge is 0.497 e. The molecule has 6 rings (SSSR count). The van der Waals surface area contributed by atoms with Crippen LogP contribution >= 0.6 is 11.6 Å². The number of nitrogens with zero attached hydrogens (tertiary/aromatic N) is 5. The Morgan fingerprint density at radius 1 is 1.06 bits per heavy atom. The fraction of sp³-hybridized carbons (Fsp3) is 0.333. The van der Waals surface area contributed by atoms with Crippen molar-refractivity contribution in [2.75, 3.05) is 25.1 Å². The van der Waals surface area contributed by atoms with Gasteiger partial charge in [-0.3, -0.25) is 14.5 Å². The molecular formula is C36H37ClFN5O4. The third-order valence-corrected chi connectivity index (χ3v) is 8.90. The van der Waals surface area contributed by atoms with Crippen molar-refractivity contribution in [3.8, 4) is 17.0 Å². The smallest absolute Gasteiger partial charge is 0.290 e. The van der Waals surface area contributed by atoms with Crippen LogP contribution in [0.2, 0.25) is 5.02 Å². The normalized spacial score (nSPS) is 15.0. The Kier molecular flexibility index (Phi) is 8.12. The Hall–Kier alpha value is -4.70. The van der Waals surface area contributed by atoms with Crippen LogP contribution in [0.15, 0.2) is 65.1 Å². The molecule has 9 nitrogen and oxygen atoms in total. The van der Waals surface area contributed by atoms with Crippen LogP contribution in [0.5, 0.6) is 5.75 Å². The zero-order chi connectivity index (χ0) is 33.8. The van der Waals surface area contributed by atoms with Gasteiger partial charge in [-0.1, -0.05) is 50.6 Å². The third-order valence-electron chi connectivity index (χ3n) is 8.60. The molecule has 1 aliphatic heterocycles. The van der Waals surface area contributed by atoms with Gasteiger partial charge in [0.25, 0.3) is 11.8 Å². The fourth-order valence-electron chi connectivity index (χ4n) is 5.99. The molecule has 1 saturated heterocycles. The molecule has 0 atom stereocenters. The van der Waals surface area contributed by atoms with Crippen LogP contribution in [-0.2, 0) is 16.8 Å². The predicted octanol–water partition coefficient (Wildman–Crippen LogP) is 7.41. The molecule has 0 aliphatic carbocycles. The molecule has 2 amide bonds. The number of methoxy groups -OCH3 is 1. The highest BCUT2D eigenvalue weighted by Crippen LogP contribution is 2.37. The SMILES string of the molecule is COc1ccc(Cn2nc(C)cc2N2CCN(C(=O)c3cc4nc(-c5ccc(Cl)c(F)c5)cc(C(C)(C)C)c4o3)C(C)(C)C2=O)cc1. The van der Waals surface area contributed by atoms with Gasteiger partial charge in [-0.15, -0.1) is 0 Å². The lowest BCUT2D eigenvalue weighted by molar-refractivity contribution is -0.130. The molecule has 0 spiro atoms. The van der Waals surface area contributed by atoms with Crippen molar-refractivity contribution >= 4 is 40.3 Å². The Balaban J connectivity index is 1.30. The average Bonchev–Trinajstić information content (AvgIpc) is 3.62. The highest BCUT2D eigenvalue weighted by Gasteiger charge is 2.46. The lowest BCUT2D eigenvalue weighted by Gasteiger charge is -2.45. The Labute approximate surface area is 277 Å². The van der Waals surface area contributed by atoms with Crippen molar-refractivity contribution in [2.24, 2.45) is 0 Å². The lowest BCUT2D eigenvalue weighted by atomic mass is 9.86. The fourth-order valence-corrected chi connectivity index (χ4v) is 6.11. The zero-order valence-electron chi connectivity index (χ0n) is 27.5. The number of pyridine rings is 1. The van der Waals surface area contributed by atoms with Crippen molar-refractivity contribution < 1.29 is 23.1 Å². The van der Waals surface area contributed by atoms with E-state index in [4.69, 9.17) is 25.7 Å². The number of ether oxygens (including phenoxy) is 1. The van der Waals surface area contributed by atoms with Gasteiger partial charge in [-0.05, 0) is 62.1 Å². The number of amides is 2. The minimum atomic E-state index is -1.19. The number of carbonyl (C=O) groups is 2. The maximum Gasteiger partial charge on any atom is 0.290 e. The summed E-state index contributed by atoms with van der Waals surface area (Å²) in [6.45, 7) is 12.5. The van der Waals surface area contributed by atoms with Crippen LogP contribution in [0.25, 0.3) is 22.4 Å². The highest BCUT2D eigenvalue weighted by atomic mass is 35.5. The van der Waals surface area contributed by atoms with Gasteiger partial charge in [0.15, 0.2) is 11.3 Å². The number of piperazine rings is 1. The number of hydrogen-bond acceptors (Lipinski definition) is 6. The molecule has 244 valence electrons. The molecule has 0 N–H and O–H groups in total. The van der Waals surface area contributed by atoms with E-state index in [2.05, 4.69) is 5.10 Å². The molecule has 0 saturated carbocycles. The quantitative estimate of drug-likeness (QED) is 0.189. The van der Waals surface area contributed by atoms with E-state index in [-0.39, 0.29) is 35.2 Å². The number of carbonyl (C=O) groups excluding carboxylic acids is 2. The Bertz CT molecular complexity index is 2010. The number of aromatic nitrogens is 3. The summed E-state index contributed by atoms with van der Waals surface area (Å²) in [5, 5.41) is 4.68. The molecule has 5 aromatic rings. The molecule has 47 heavy (non-hydrogen) atoms. The number of rotatable bonds is 6. The summed E-state index contributed by atoms with van der Waals surface area (Å²) in [7, 11) is 1.62. The second kappa shape index (κ2) is 11.8. The Morgan fingerprint density at radius 2 is 1.79 bits per heavy atom. The van der Waals surface area contributed by atoms with Crippen LogP contribution < -0.4 is 9.64 Å². The molecule has 1 fully saturated rings. The Morgan fingerprint density at radius 3 is 2.45 bits per heavy atom. The van der Waals surface area contributed by atoms with E-state index < -0.39 is 17.3 Å². The summed E-state index contributed by atoms with van der Waals surface area (Å²) < 4.78 is 27.7. The van der Waals surface area contributed by atoms with Crippen LogP contribution in [0.4, 0.5) is 10.2 Å². The summed E-state index contributed by atoms with van der Waals surface area (Å²) >= 11 is 5.92. The van der Waals surface area contributed by atoms with Gasteiger partial charge in [0.2, 0.25) is 0 Å². The molecule has 3 aromatic heterocycles. The van der Waals surface area contributed by atoms with E-state index >= 15 is 0 Å². The number of anilines is 1. The van der Waals surface area contributed by atoms with E-state index in [0.717, 1.165) is 22.6 Å². The standard InChI is InChI=1S/C36H37ClFN5O4/c1-21-16-31(43(40-21)20-22-8-11-24(46-7)12-9-22)41-14-15-42(36(5,6)34(41)45)33(44)30-19-29-32(47-30)25(35(2,3)4)18-28(39-29)23-10-13-26(37)27(38)17-23/h8-13,16-19H,14-15,20H2,1-7H3. The number of halogens is 2. The minimum absolute atomic E-state index is 0.0242. The lowest BCUT2D eigenvalue weighted by Crippen LogP contribution is -2.65. The number of aryl methyl sites for hydroxylation is 1. The zero-order valence-corrected chi connectivity index (χ0v) is 28.3. The molecular weight excluding hydrogens is 621 g/mol. The number of furan rings is 1. The van der Waals surface area contributed by atoms with E-state index in [1.54, 1.807) is 42.9 Å². The molecule has 2 aromatic carbocycles. The van der Waals surface area contributed by atoms with Crippen molar-refractivity contribution in [3.63, 3.8) is 0 Å². The van der Waals surface area contributed by atoms with Crippen LogP contribution in [0.3, 0.4) is 0 Å². The average molecular weight is 658 g/mol. The predicted molar refractivity (Wildman–Crippen MR) is 180 cm³/mol. The van der Waals surface area contributed by atoms with Gasteiger partial charge >= 0.3 is 0 Å². The summed E-state index contributed by atoms with van der Waals surface area (Å²) in [4.78, 5) is 36.1. The summed E-state index contributed by atoms with van der Waals surface area (Å²) in [5.41, 5.74) is 3.05. The van der Waals surface area contributed by atoms with Gasteiger partial charge in [-0.2, -0.15) is 5.10 Å². The van der Waals surface area contributed by atoms with E-state index in [1.807, 2.05) is 68.8 Å². The molecule has 1 aliphatic rings. The molecule has 0 unspecified atom stereocenters. The summed E-state index contributed by atoms with van der Waals surface area (Å²) in [6.07, 6.45) is 0. The first kappa shape index (κ1) is 32.2. The molecule has 11 heteroatoms. The number of hydrogen-bond donors (Lipinski definition) is 0. The van der Waals surface area contributed by atoms with Gasteiger partial charge < -0.3 is 14.1 Å². The first-order chi connectivity index (χ1) is 22.2. The van der Waals surface area contributed by atoms with Crippen molar-refractivity contribution in [1.82, 2.24) is 19.7 Å². The van der Waals surface area contributed by atoms with E-state index in [0.29, 0.717) is 34.7 Å². The maximum atomic E-state index is 14.3. The van der Waals surface area contributed by atoms with Crippen LogP contribution in [0, 0.1) is 12.7 Å². The monoisotopic (exact) mass is 657 g/mol. The molecule has 0 bridgehead atoms. The second-order valence-electron chi connectivity index (χ2n) is 13.4. The minimum Gasteiger partial charge on any atom is -0.497 e. The third kappa shape index (κ3) is 5.98. The first-order valence-corrected chi connectivity index (χ1v) is 15.8. The first-order valence-electron chi connectivity index (χ1n) is 15.4. The topological polar surface area (TPSA) is 93.7 Å². The highest BCUT2D eigenvalue weighted by molar-refractivity contribution is 6.30. The molecule has 4 heterocycles. The molecule has 0 radical (unpaired) electrons. The second-order valence-corrected chi connectivity index (χ2v) is 13.8. The van der Waals surface area contributed by atoms with Crippen LogP contribution in [0.1, 0.15) is 62.0 Å². The summed E-state index contributed by atoms with van der Waals surface area (Å²) in [6, 6.07) is 17.6. The van der Waals surface area contributed by atoms with E-state index in [9.17, 15) is 14.0 Å².